The lowest BCUT2D eigenvalue weighted by Crippen LogP contribution is -2.39. The van der Waals surface area contributed by atoms with Crippen LogP contribution in [0.3, 0.4) is 0 Å². The van der Waals surface area contributed by atoms with E-state index in [1.807, 2.05) is 0 Å². The van der Waals surface area contributed by atoms with Gasteiger partial charge in [0.15, 0.2) is 0 Å². The summed E-state index contributed by atoms with van der Waals surface area (Å²) in [4.78, 5) is 27.0. The first-order valence-electron chi connectivity index (χ1n) is 7.27. The minimum atomic E-state index is -0.441. The molecule has 3 amide bonds. The maximum atomic E-state index is 13.2. The van der Waals surface area contributed by atoms with E-state index in [9.17, 15) is 14.0 Å². The normalized spacial score (nSPS) is 14.9. The molecule has 0 aliphatic carbocycles. The summed E-state index contributed by atoms with van der Waals surface area (Å²) in [6.07, 6.45) is 0.260. The molecule has 23 heavy (non-hydrogen) atoms. The van der Waals surface area contributed by atoms with Crippen LogP contribution in [0.1, 0.15) is 6.42 Å². The second-order valence-corrected chi connectivity index (χ2v) is 5.07. The number of hydrogen-bond donors (Lipinski definition) is 1. The van der Waals surface area contributed by atoms with Crippen molar-refractivity contribution in [3.8, 4) is 5.75 Å². The number of carbonyl (C=O) groups excluding carboxylic acids is 2. The van der Waals surface area contributed by atoms with Crippen molar-refractivity contribution >= 4 is 17.8 Å². The first kappa shape index (κ1) is 16.9. The van der Waals surface area contributed by atoms with Gasteiger partial charge in [-0.3, -0.25) is 0 Å². The number of ether oxygens (including phenoxy) is 2. The van der Waals surface area contributed by atoms with Crippen LogP contribution in [-0.2, 0) is 4.74 Å². The maximum absolute atomic E-state index is 13.2. The molecule has 0 atom stereocenters. The Morgan fingerprint density at radius 1 is 1.13 bits per heavy atom. The van der Waals surface area contributed by atoms with Crippen LogP contribution in [-0.4, -0.2) is 62.3 Å². The first-order chi connectivity index (χ1) is 11.0. The molecule has 1 aromatic rings. The van der Waals surface area contributed by atoms with Crippen molar-refractivity contribution in [1.82, 2.24) is 9.80 Å². The van der Waals surface area contributed by atoms with Crippen LogP contribution >= 0.6 is 0 Å². The number of amides is 3. The molecule has 7 nitrogen and oxygen atoms in total. The third-order valence-corrected chi connectivity index (χ3v) is 3.62. The highest BCUT2D eigenvalue weighted by atomic mass is 19.1. The summed E-state index contributed by atoms with van der Waals surface area (Å²) in [5.41, 5.74) is 0.396. The van der Waals surface area contributed by atoms with Gasteiger partial charge in [0.1, 0.15) is 11.6 Å². The number of anilines is 1. The van der Waals surface area contributed by atoms with Crippen molar-refractivity contribution in [3.63, 3.8) is 0 Å². The van der Waals surface area contributed by atoms with Crippen LogP contribution in [0.4, 0.5) is 19.7 Å². The molecule has 2 rings (SSSR count). The molecule has 1 aliphatic rings. The number of rotatable bonds is 2. The Bertz CT molecular complexity index is 582. The second-order valence-electron chi connectivity index (χ2n) is 5.07. The van der Waals surface area contributed by atoms with E-state index in [2.05, 4.69) is 5.32 Å². The van der Waals surface area contributed by atoms with Gasteiger partial charge in [0.25, 0.3) is 0 Å². The van der Waals surface area contributed by atoms with Gasteiger partial charge in [0.2, 0.25) is 0 Å². The summed E-state index contributed by atoms with van der Waals surface area (Å²) in [6, 6.07) is 3.59. The SMILES string of the molecule is COC(=O)N1CCCN(C(=O)Nc2ccc(F)cc2OC)CC1. The maximum Gasteiger partial charge on any atom is 0.409 e. The number of halogens is 1. The number of urea groups is 1. The quantitative estimate of drug-likeness (QED) is 0.904. The molecule has 0 spiro atoms. The molecule has 1 saturated heterocycles. The topological polar surface area (TPSA) is 71.1 Å². The standard InChI is InChI=1S/C15H20FN3O4/c1-22-13-10-11(16)4-5-12(13)17-14(20)18-6-3-7-19(9-8-18)15(21)23-2/h4-5,10H,3,6-9H2,1-2H3,(H,17,20). The summed E-state index contributed by atoms with van der Waals surface area (Å²) in [5.74, 6) is -0.187. The highest BCUT2D eigenvalue weighted by Crippen LogP contribution is 2.25. The van der Waals surface area contributed by atoms with Crippen molar-refractivity contribution in [2.45, 2.75) is 6.42 Å². The molecule has 1 heterocycles. The van der Waals surface area contributed by atoms with E-state index >= 15 is 0 Å². The van der Waals surface area contributed by atoms with Crippen molar-refractivity contribution in [1.29, 1.82) is 0 Å². The van der Waals surface area contributed by atoms with Crippen LogP contribution in [0, 0.1) is 5.82 Å². The number of nitrogens with zero attached hydrogens (tertiary/aromatic N) is 2. The number of nitrogens with one attached hydrogen (secondary N) is 1. The van der Waals surface area contributed by atoms with Crippen LogP contribution in [0.5, 0.6) is 5.75 Å². The third-order valence-electron chi connectivity index (χ3n) is 3.62. The van der Waals surface area contributed by atoms with E-state index < -0.39 is 11.9 Å². The van der Waals surface area contributed by atoms with Crippen molar-refractivity contribution < 1.29 is 23.5 Å². The summed E-state index contributed by atoms with van der Waals surface area (Å²) in [7, 11) is 2.74. The third kappa shape index (κ3) is 4.24. The summed E-state index contributed by atoms with van der Waals surface area (Å²) < 4.78 is 22.9. The van der Waals surface area contributed by atoms with Gasteiger partial charge >= 0.3 is 12.1 Å². The zero-order chi connectivity index (χ0) is 16.8. The van der Waals surface area contributed by atoms with Gasteiger partial charge in [-0.15, -0.1) is 0 Å². The molecule has 1 aromatic carbocycles. The van der Waals surface area contributed by atoms with Gasteiger partial charge in [-0.05, 0) is 18.6 Å². The lowest BCUT2D eigenvalue weighted by atomic mass is 10.3. The van der Waals surface area contributed by atoms with E-state index in [4.69, 9.17) is 9.47 Å². The predicted molar refractivity (Wildman–Crippen MR) is 82.1 cm³/mol. The Morgan fingerprint density at radius 2 is 1.83 bits per heavy atom. The Balaban J connectivity index is 2.00. The minimum Gasteiger partial charge on any atom is -0.494 e. The zero-order valence-corrected chi connectivity index (χ0v) is 13.2. The Labute approximate surface area is 133 Å². The Morgan fingerprint density at radius 3 is 2.52 bits per heavy atom. The predicted octanol–water partition coefficient (Wildman–Crippen LogP) is 2.14. The van der Waals surface area contributed by atoms with Gasteiger partial charge in [-0.1, -0.05) is 0 Å². The molecular formula is C15H20FN3O4. The van der Waals surface area contributed by atoms with Crippen LogP contribution in [0.2, 0.25) is 0 Å². The average molecular weight is 325 g/mol. The highest BCUT2D eigenvalue weighted by Gasteiger charge is 2.23. The summed E-state index contributed by atoms with van der Waals surface area (Å²) in [5, 5.41) is 2.70. The fourth-order valence-corrected chi connectivity index (χ4v) is 2.39. The molecule has 1 aliphatic heterocycles. The average Bonchev–Trinajstić information content (AvgIpc) is 2.81. The number of hydrogen-bond acceptors (Lipinski definition) is 4. The Kier molecular flexibility index (Phi) is 5.61. The highest BCUT2D eigenvalue weighted by molar-refractivity contribution is 5.91. The molecule has 1 N–H and O–H groups in total. The van der Waals surface area contributed by atoms with E-state index in [-0.39, 0.29) is 11.8 Å². The molecule has 1 fully saturated rings. The van der Waals surface area contributed by atoms with Crippen LogP contribution in [0.15, 0.2) is 18.2 Å². The summed E-state index contributed by atoms with van der Waals surface area (Å²) in [6.45, 7) is 1.85. The molecule has 0 unspecified atom stereocenters. The van der Waals surface area contributed by atoms with Crippen LogP contribution < -0.4 is 10.1 Å². The van der Waals surface area contributed by atoms with Crippen molar-refractivity contribution in [2.24, 2.45) is 0 Å². The molecule has 0 radical (unpaired) electrons. The zero-order valence-electron chi connectivity index (χ0n) is 13.2. The molecule has 8 heteroatoms. The molecular weight excluding hydrogens is 305 g/mol. The monoisotopic (exact) mass is 325 g/mol. The first-order valence-corrected chi connectivity index (χ1v) is 7.27. The molecule has 0 saturated carbocycles. The van der Waals surface area contributed by atoms with E-state index in [1.165, 1.54) is 32.4 Å². The summed E-state index contributed by atoms with van der Waals surface area (Å²) >= 11 is 0. The fraction of sp³-hybridized carbons (Fsp3) is 0.467. The van der Waals surface area contributed by atoms with E-state index in [0.29, 0.717) is 38.3 Å². The largest absolute Gasteiger partial charge is 0.494 e. The van der Waals surface area contributed by atoms with E-state index in [0.717, 1.165) is 0 Å². The lowest BCUT2D eigenvalue weighted by molar-refractivity contribution is 0.125. The minimum absolute atomic E-state index is 0.254. The second kappa shape index (κ2) is 7.66. The van der Waals surface area contributed by atoms with Gasteiger partial charge in [0.05, 0.1) is 19.9 Å². The van der Waals surface area contributed by atoms with E-state index in [1.54, 1.807) is 9.80 Å². The Hall–Kier alpha value is -2.51. The molecule has 0 aromatic heterocycles. The smallest absolute Gasteiger partial charge is 0.409 e. The fourth-order valence-electron chi connectivity index (χ4n) is 2.39. The van der Waals surface area contributed by atoms with Gasteiger partial charge < -0.3 is 24.6 Å². The van der Waals surface area contributed by atoms with Gasteiger partial charge in [-0.2, -0.15) is 0 Å². The molecule has 0 bridgehead atoms. The lowest BCUT2D eigenvalue weighted by Gasteiger charge is -2.22. The van der Waals surface area contributed by atoms with Crippen molar-refractivity contribution in [3.05, 3.63) is 24.0 Å². The van der Waals surface area contributed by atoms with Gasteiger partial charge in [0, 0.05) is 32.2 Å². The number of methoxy groups -OCH3 is 2. The van der Waals surface area contributed by atoms with Crippen molar-refractivity contribution in [2.75, 3.05) is 45.7 Å². The molecule has 126 valence electrons. The number of benzene rings is 1. The van der Waals surface area contributed by atoms with Gasteiger partial charge in [-0.25, -0.2) is 14.0 Å². The van der Waals surface area contributed by atoms with Crippen LogP contribution in [0.25, 0.3) is 0 Å². The number of carbonyl (C=O) groups is 2.